The molecule has 0 bridgehead atoms. The summed E-state index contributed by atoms with van der Waals surface area (Å²) in [6.45, 7) is 0. The molecule has 102 valence electrons. The van der Waals surface area contributed by atoms with Crippen LogP contribution in [0.3, 0.4) is 0 Å². The summed E-state index contributed by atoms with van der Waals surface area (Å²) in [7, 11) is 0. The van der Waals surface area contributed by atoms with Crippen molar-refractivity contribution in [2.24, 2.45) is 5.73 Å². The molecule has 0 aliphatic carbocycles. The number of pyridine rings is 1. The van der Waals surface area contributed by atoms with Gasteiger partial charge in [-0.05, 0) is 17.7 Å². The van der Waals surface area contributed by atoms with Gasteiger partial charge in [-0.25, -0.2) is 0 Å². The van der Waals surface area contributed by atoms with E-state index in [2.05, 4.69) is 4.98 Å². The molecule has 1 unspecified atom stereocenters. The van der Waals surface area contributed by atoms with Gasteiger partial charge in [0.2, 0.25) is 0 Å². The zero-order chi connectivity index (χ0) is 14.7. The van der Waals surface area contributed by atoms with E-state index < -0.39 is 15.9 Å². The van der Waals surface area contributed by atoms with Crippen LogP contribution in [0.5, 0.6) is 0 Å². The van der Waals surface area contributed by atoms with E-state index in [9.17, 15) is 20.2 Å². The summed E-state index contributed by atoms with van der Waals surface area (Å²) in [6.07, 6.45) is 3.05. The molecule has 0 aliphatic heterocycles. The highest BCUT2D eigenvalue weighted by Gasteiger charge is 2.24. The summed E-state index contributed by atoms with van der Waals surface area (Å²) in [4.78, 5) is 24.2. The molecule has 8 nitrogen and oxygen atoms in total. The highest BCUT2D eigenvalue weighted by atomic mass is 16.6. The third-order valence-corrected chi connectivity index (χ3v) is 2.80. The van der Waals surface area contributed by atoms with Crippen molar-refractivity contribution in [1.82, 2.24) is 4.98 Å². The third-order valence-electron chi connectivity index (χ3n) is 2.80. The largest absolute Gasteiger partial charge is 0.320 e. The van der Waals surface area contributed by atoms with Crippen LogP contribution in [0.2, 0.25) is 0 Å². The van der Waals surface area contributed by atoms with Crippen molar-refractivity contribution in [1.29, 1.82) is 0 Å². The Kier molecular flexibility index (Phi) is 3.67. The van der Waals surface area contributed by atoms with Gasteiger partial charge >= 0.3 is 0 Å². The van der Waals surface area contributed by atoms with Gasteiger partial charge in [0.1, 0.15) is 0 Å². The van der Waals surface area contributed by atoms with Gasteiger partial charge in [0.25, 0.3) is 11.4 Å². The number of hydrogen-bond acceptors (Lipinski definition) is 6. The van der Waals surface area contributed by atoms with Gasteiger partial charge in [0.15, 0.2) is 0 Å². The molecule has 0 fully saturated rings. The van der Waals surface area contributed by atoms with E-state index in [0.29, 0.717) is 5.56 Å². The topological polar surface area (TPSA) is 125 Å². The van der Waals surface area contributed by atoms with E-state index in [0.717, 1.165) is 6.07 Å². The van der Waals surface area contributed by atoms with E-state index in [4.69, 9.17) is 5.73 Å². The van der Waals surface area contributed by atoms with Crippen LogP contribution in [0.15, 0.2) is 42.7 Å². The molecule has 0 saturated carbocycles. The lowest BCUT2D eigenvalue weighted by Crippen LogP contribution is -2.14. The Balaban J connectivity index is 2.51. The lowest BCUT2D eigenvalue weighted by Gasteiger charge is -2.12. The highest BCUT2D eigenvalue weighted by molar-refractivity contribution is 5.52. The second-order valence-corrected chi connectivity index (χ2v) is 4.02. The molecule has 0 radical (unpaired) electrons. The minimum absolute atomic E-state index is 0.202. The number of nitro benzene ring substituents is 2. The molecule has 1 aromatic heterocycles. The average Bonchev–Trinajstić information content (AvgIpc) is 2.46. The number of nitrogens with zero attached hydrogens (tertiary/aromatic N) is 3. The Hall–Kier alpha value is -2.87. The monoisotopic (exact) mass is 274 g/mol. The number of aromatic nitrogens is 1. The first kappa shape index (κ1) is 13.6. The summed E-state index contributed by atoms with van der Waals surface area (Å²) in [5, 5.41) is 21.7. The Bertz CT molecular complexity index is 660. The molecule has 8 heteroatoms. The van der Waals surface area contributed by atoms with E-state index in [1.165, 1.54) is 18.3 Å². The summed E-state index contributed by atoms with van der Waals surface area (Å²) in [5.74, 6) is 0. The summed E-state index contributed by atoms with van der Waals surface area (Å²) in [5.41, 5.74) is 6.03. The van der Waals surface area contributed by atoms with Gasteiger partial charge in [0, 0.05) is 18.5 Å². The van der Waals surface area contributed by atoms with Crippen molar-refractivity contribution >= 4 is 11.4 Å². The molecule has 20 heavy (non-hydrogen) atoms. The van der Waals surface area contributed by atoms with Gasteiger partial charge in [-0.2, -0.15) is 0 Å². The fourth-order valence-corrected chi connectivity index (χ4v) is 1.81. The van der Waals surface area contributed by atoms with E-state index in [1.807, 2.05) is 0 Å². The van der Waals surface area contributed by atoms with Crippen LogP contribution < -0.4 is 5.73 Å². The number of benzene rings is 1. The number of nitro groups is 2. The van der Waals surface area contributed by atoms with E-state index in [1.54, 1.807) is 18.3 Å². The molecule has 0 amide bonds. The maximum Gasteiger partial charge on any atom is 0.281 e. The van der Waals surface area contributed by atoms with Crippen LogP contribution in [-0.4, -0.2) is 14.8 Å². The first-order valence-electron chi connectivity index (χ1n) is 5.59. The maximum absolute atomic E-state index is 11.0. The van der Waals surface area contributed by atoms with Crippen LogP contribution in [0.4, 0.5) is 11.4 Å². The lowest BCUT2D eigenvalue weighted by molar-refractivity contribution is -0.394. The second-order valence-electron chi connectivity index (χ2n) is 4.02. The normalized spacial score (nSPS) is 11.8. The molecule has 2 aromatic rings. The molecule has 2 rings (SSSR count). The van der Waals surface area contributed by atoms with Crippen LogP contribution in [0, 0.1) is 20.2 Å². The summed E-state index contributed by atoms with van der Waals surface area (Å²) < 4.78 is 0. The fourth-order valence-electron chi connectivity index (χ4n) is 1.81. The van der Waals surface area contributed by atoms with Crippen molar-refractivity contribution in [2.45, 2.75) is 6.04 Å². The van der Waals surface area contributed by atoms with Gasteiger partial charge in [-0.15, -0.1) is 0 Å². The van der Waals surface area contributed by atoms with Gasteiger partial charge in [-0.3, -0.25) is 25.2 Å². The van der Waals surface area contributed by atoms with Crippen molar-refractivity contribution in [3.63, 3.8) is 0 Å². The molecular formula is C12H10N4O4. The predicted molar refractivity (Wildman–Crippen MR) is 70.0 cm³/mol. The Labute approximate surface area is 113 Å². The molecular weight excluding hydrogens is 264 g/mol. The minimum Gasteiger partial charge on any atom is -0.320 e. The first-order chi connectivity index (χ1) is 9.50. The zero-order valence-corrected chi connectivity index (χ0v) is 10.2. The van der Waals surface area contributed by atoms with Gasteiger partial charge in [0.05, 0.1) is 27.5 Å². The summed E-state index contributed by atoms with van der Waals surface area (Å²) >= 11 is 0. The maximum atomic E-state index is 11.0. The molecule has 1 heterocycles. The second kappa shape index (κ2) is 5.41. The van der Waals surface area contributed by atoms with E-state index >= 15 is 0 Å². The average molecular weight is 274 g/mol. The number of non-ortho nitro benzene ring substituents is 1. The quantitative estimate of drug-likeness (QED) is 0.670. The van der Waals surface area contributed by atoms with Crippen molar-refractivity contribution in [2.75, 3.05) is 0 Å². The lowest BCUT2D eigenvalue weighted by atomic mass is 9.99. The minimum atomic E-state index is -0.773. The zero-order valence-electron chi connectivity index (χ0n) is 10.2. The number of nitrogens with two attached hydrogens (primary N) is 1. The van der Waals surface area contributed by atoms with Crippen LogP contribution in [0.25, 0.3) is 0 Å². The Morgan fingerprint density at radius 1 is 1.15 bits per heavy atom. The van der Waals surface area contributed by atoms with Crippen LogP contribution >= 0.6 is 0 Å². The standard InChI is InChI=1S/C12H10N4O4/c13-12(8-2-1-5-14-7-8)10-4-3-9(15(17)18)6-11(10)16(19)20/h1-7,12H,13H2. The highest BCUT2D eigenvalue weighted by Crippen LogP contribution is 2.31. The van der Waals surface area contributed by atoms with Crippen LogP contribution in [0.1, 0.15) is 17.2 Å². The Morgan fingerprint density at radius 2 is 1.90 bits per heavy atom. The first-order valence-corrected chi connectivity index (χ1v) is 5.59. The smallest absolute Gasteiger partial charge is 0.281 e. The molecule has 2 N–H and O–H groups in total. The number of rotatable bonds is 4. The van der Waals surface area contributed by atoms with Gasteiger partial charge in [-0.1, -0.05) is 6.07 Å². The van der Waals surface area contributed by atoms with Crippen molar-refractivity contribution < 1.29 is 9.85 Å². The molecule has 1 atom stereocenters. The fraction of sp³-hybridized carbons (Fsp3) is 0.0833. The SMILES string of the molecule is NC(c1cccnc1)c1ccc([N+](=O)[O-])cc1[N+](=O)[O-]. The number of hydrogen-bond donors (Lipinski definition) is 1. The van der Waals surface area contributed by atoms with Crippen molar-refractivity contribution in [3.8, 4) is 0 Å². The van der Waals surface area contributed by atoms with Crippen molar-refractivity contribution in [3.05, 3.63) is 74.1 Å². The van der Waals surface area contributed by atoms with Crippen LogP contribution in [-0.2, 0) is 0 Å². The van der Waals surface area contributed by atoms with Gasteiger partial charge < -0.3 is 5.73 Å². The van der Waals surface area contributed by atoms with E-state index in [-0.39, 0.29) is 16.9 Å². The predicted octanol–water partition coefficient (Wildman–Crippen LogP) is 1.95. The molecule has 1 aromatic carbocycles. The molecule has 0 aliphatic rings. The molecule has 0 saturated heterocycles. The third kappa shape index (κ3) is 2.59. The Morgan fingerprint density at radius 3 is 2.45 bits per heavy atom. The summed E-state index contributed by atoms with van der Waals surface area (Å²) in [6, 6.07) is 5.97. The molecule has 0 spiro atoms.